The van der Waals surface area contributed by atoms with E-state index in [1.165, 1.54) is 19.4 Å². The highest BCUT2D eigenvalue weighted by molar-refractivity contribution is 4.86. The monoisotopic (exact) mass is 170 g/mol. The topological polar surface area (TPSA) is 15.3 Å². The van der Waals surface area contributed by atoms with Gasteiger partial charge in [-0.05, 0) is 33.2 Å². The molecule has 1 aliphatic rings. The maximum Gasteiger partial charge on any atom is 0.0112 e. The van der Waals surface area contributed by atoms with Gasteiger partial charge in [0.2, 0.25) is 0 Å². The highest BCUT2D eigenvalue weighted by atomic mass is 15.2. The molecule has 0 saturated heterocycles. The van der Waals surface area contributed by atoms with Crippen LogP contribution in [0.1, 0.15) is 33.6 Å². The third kappa shape index (κ3) is 3.11. The summed E-state index contributed by atoms with van der Waals surface area (Å²) in [5.74, 6) is 0. The van der Waals surface area contributed by atoms with Crippen LogP contribution in [0.25, 0.3) is 0 Å². The van der Waals surface area contributed by atoms with Crippen LogP contribution in [0.2, 0.25) is 0 Å². The molecule has 1 N–H and O–H groups in total. The Kier molecular flexibility index (Phi) is 4.02. The van der Waals surface area contributed by atoms with Crippen molar-refractivity contribution < 1.29 is 0 Å². The molecule has 0 unspecified atom stereocenters. The van der Waals surface area contributed by atoms with E-state index in [0.717, 1.165) is 25.2 Å². The van der Waals surface area contributed by atoms with Crippen LogP contribution in [0.5, 0.6) is 0 Å². The van der Waals surface area contributed by atoms with Crippen molar-refractivity contribution in [3.05, 3.63) is 0 Å². The molecule has 1 fully saturated rings. The lowest BCUT2D eigenvalue weighted by atomic mass is 10.3. The summed E-state index contributed by atoms with van der Waals surface area (Å²) in [6, 6.07) is 1.62. The standard InChI is InChI=1S/C10H22N2/c1-4-11-7-8-12(9(2)3)10-5-6-10/h9-11H,4-8H2,1-3H3. The molecule has 12 heavy (non-hydrogen) atoms. The molecule has 0 bridgehead atoms. The molecule has 0 aromatic rings. The first-order valence-corrected chi connectivity index (χ1v) is 5.22. The quantitative estimate of drug-likeness (QED) is 0.607. The summed E-state index contributed by atoms with van der Waals surface area (Å²) in [5, 5.41) is 3.37. The first kappa shape index (κ1) is 10.0. The first-order chi connectivity index (χ1) is 5.75. The lowest BCUT2D eigenvalue weighted by Crippen LogP contribution is -2.38. The minimum atomic E-state index is 0.719. The Hall–Kier alpha value is -0.0800. The molecule has 1 rings (SSSR count). The summed E-state index contributed by atoms with van der Waals surface area (Å²) < 4.78 is 0. The smallest absolute Gasteiger partial charge is 0.0112 e. The van der Waals surface area contributed by atoms with Crippen molar-refractivity contribution in [2.24, 2.45) is 0 Å². The van der Waals surface area contributed by atoms with Crippen LogP contribution in [-0.4, -0.2) is 36.6 Å². The summed E-state index contributed by atoms with van der Waals surface area (Å²) in [7, 11) is 0. The second kappa shape index (κ2) is 4.83. The lowest BCUT2D eigenvalue weighted by molar-refractivity contribution is 0.212. The van der Waals surface area contributed by atoms with Gasteiger partial charge in [0.1, 0.15) is 0 Å². The summed E-state index contributed by atoms with van der Waals surface area (Å²) >= 11 is 0. The maximum absolute atomic E-state index is 3.37. The Bertz CT molecular complexity index is 117. The van der Waals surface area contributed by atoms with Crippen LogP contribution < -0.4 is 5.32 Å². The lowest BCUT2D eigenvalue weighted by Gasteiger charge is -2.26. The predicted molar refractivity (Wildman–Crippen MR) is 53.4 cm³/mol. The van der Waals surface area contributed by atoms with Crippen molar-refractivity contribution in [2.45, 2.75) is 45.7 Å². The molecule has 2 nitrogen and oxygen atoms in total. The number of nitrogens with one attached hydrogen (secondary N) is 1. The van der Waals surface area contributed by atoms with Crippen molar-refractivity contribution in [1.82, 2.24) is 10.2 Å². The fourth-order valence-corrected chi connectivity index (χ4v) is 1.65. The van der Waals surface area contributed by atoms with Gasteiger partial charge in [-0.1, -0.05) is 6.92 Å². The highest BCUT2D eigenvalue weighted by Crippen LogP contribution is 2.27. The van der Waals surface area contributed by atoms with Crippen LogP contribution in [0.3, 0.4) is 0 Å². The predicted octanol–water partition coefficient (Wildman–Crippen LogP) is 1.47. The average Bonchev–Trinajstić information content (AvgIpc) is 2.80. The summed E-state index contributed by atoms with van der Waals surface area (Å²) in [6.07, 6.45) is 2.84. The molecule has 0 heterocycles. The Morgan fingerprint density at radius 1 is 1.42 bits per heavy atom. The number of hydrogen-bond donors (Lipinski definition) is 1. The number of nitrogens with zero attached hydrogens (tertiary/aromatic N) is 1. The van der Waals surface area contributed by atoms with E-state index in [9.17, 15) is 0 Å². The van der Waals surface area contributed by atoms with E-state index >= 15 is 0 Å². The van der Waals surface area contributed by atoms with E-state index in [1.807, 2.05) is 0 Å². The Labute approximate surface area is 76.3 Å². The van der Waals surface area contributed by atoms with Gasteiger partial charge in [-0.2, -0.15) is 0 Å². The van der Waals surface area contributed by atoms with E-state index in [1.54, 1.807) is 0 Å². The highest BCUT2D eigenvalue weighted by Gasteiger charge is 2.29. The molecular formula is C10H22N2. The zero-order valence-electron chi connectivity index (χ0n) is 8.64. The van der Waals surface area contributed by atoms with Crippen molar-refractivity contribution in [1.29, 1.82) is 0 Å². The van der Waals surface area contributed by atoms with Gasteiger partial charge >= 0.3 is 0 Å². The molecule has 0 aliphatic heterocycles. The van der Waals surface area contributed by atoms with Crippen molar-refractivity contribution in [3.8, 4) is 0 Å². The second-order valence-electron chi connectivity index (χ2n) is 3.92. The van der Waals surface area contributed by atoms with Crippen LogP contribution in [0.15, 0.2) is 0 Å². The van der Waals surface area contributed by atoms with Gasteiger partial charge in [-0.3, -0.25) is 4.90 Å². The van der Waals surface area contributed by atoms with Gasteiger partial charge in [0.05, 0.1) is 0 Å². The average molecular weight is 170 g/mol. The molecule has 0 radical (unpaired) electrons. The molecule has 0 atom stereocenters. The van der Waals surface area contributed by atoms with Crippen LogP contribution in [-0.2, 0) is 0 Å². The van der Waals surface area contributed by atoms with E-state index in [4.69, 9.17) is 0 Å². The minimum Gasteiger partial charge on any atom is -0.316 e. The molecule has 1 saturated carbocycles. The van der Waals surface area contributed by atoms with Gasteiger partial charge in [-0.15, -0.1) is 0 Å². The normalized spacial score (nSPS) is 17.8. The molecule has 1 aliphatic carbocycles. The first-order valence-electron chi connectivity index (χ1n) is 5.22. The fraction of sp³-hybridized carbons (Fsp3) is 1.00. The van der Waals surface area contributed by atoms with E-state index < -0.39 is 0 Å². The zero-order valence-corrected chi connectivity index (χ0v) is 8.64. The maximum atomic E-state index is 3.37. The largest absolute Gasteiger partial charge is 0.316 e. The summed E-state index contributed by atoms with van der Waals surface area (Å²) in [5.41, 5.74) is 0. The van der Waals surface area contributed by atoms with Crippen molar-refractivity contribution >= 4 is 0 Å². The van der Waals surface area contributed by atoms with Crippen LogP contribution in [0, 0.1) is 0 Å². The Morgan fingerprint density at radius 3 is 2.50 bits per heavy atom. The third-order valence-corrected chi connectivity index (χ3v) is 2.48. The molecule has 0 aromatic carbocycles. The van der Waals surface area contributed by atoms with Crippen LogP contribution in [0.4, 0.5) is 0 Å². The van der Waals surface area contributed by atoms with Crippen molar-refractivity contribution in [3.63, 3.8) is 0 Å². The number of rotatable bonds is 6. The molecule has 0 amide bonds. The molecule has 2 heteroatoms. The van der Waals surface area contributed by atoms with E-state index in [0.29, 0.717) is 0 Å². The SMILES string of the molecule is CCNCCN(C(C)C)C1CC1. The van der Waals surface area contributed by atoms with E-state index in [-0.39, 0.29) is 0 Å². The van der Waals surface area contributed by atoms with Gasteiger partial charge in [0.15, 0.2) is 0 Å². The molecule has 72 valence electrons. The van der Waals surface area contributed by atoms with Crippen LogP contribution >= 0.6 is 0 Å². The van der Waals surface area contributed by atoms with Gasteiger partial charge < -0.3 is 5.32 Å². The molecule has 0 spiro atoms. The third-order valence-electron chi connectivity index (χ3n) is 2.48. The molecule has 0 aromatic heterocycles. The minimum absolute atomic E-state index is 0.719. The number of hydrogen-bond acceptors (Lipinski definition) is 2. The fourth-order valence-electron chi connectivity index (χ4n) is 1.65. The Balaban J connectivity index is 2.14. The molecular weight excluding hydrogens is 148 g/mol. The number of likely N-dealkylation sites (N-methyl/N-ethyl adjacent to an activating group) is 1. The van der Waals surface area contributed by atoms with Gasteiger partial charge in [-0.25, -0.2) is 0 Å². The van der Waals surface area contributed by atoms with Gasteiger partial charge in [0, 0.05) is 25.2 Å². The zero-order chi connectivity index (χ0) is 8.97. The van der Waals surface area contributed by atoms with Gasteiger partial charge in [0.25, 0.3) is 0 Å². The summed E-state index contributed by atoms with van der Waals surface area (Å²) in [6.45, 7) is 10.2. The second-order valence-corrected chi connectivity index (χ2v) is 3.92. The summed E-state index contributed by atoms with van der Waals surface area (Å²) in [4.78, 5) is 2.61. The van der Waals surface area contributed by atoms with Crippen molar-refractivity contribution in [2.75, 3.05) is 19.6 Å². The Morgan fingerprint density at radius 2 is 2.08 bits per heavy atom. The van der Waals surface area contributed by atoms with E-state index in [2.05, 4.69) is 31.0 Å².